The lowest BCUT2D eigenvalue weighted by atomic mass is 9.82. The minimum atomic E-state index is -0.122. The van der Waals surface area contributed by atoms with Gasteiger partial charge in [-0.05, 0) is 121 Å². The molecule has 0 radical (unpaired) electrons. The second-order valence-corrected chi connectivity index (χ2v) is 15.7. The molecule has 1 aliphatic rings. The van der Waals surface area contributed by atoms with Crippen molar-refractivity contribution in [2.45, 2.75) is 19.3 Å². The molecule has 2 heteroatoms. The number of fused-ring (bicyclic) bond motifs is 8. The van der Waals surface area contributed by atoms with Crippen LogP contribution < -0.4 is 4.90 Å². The summed E-state index contributed by atoms with van der Waals surface area (Å²) in [7, 11) is 0. The van der Waals surface area contributed by atoms with E-state index in [0.29, 0.717) is 0 Å². The number of anilines is 3. The lowest BCUT2D eigenvalue weighted by Gasteiger charge is -2.28. The zero-order valence-electron chi connectivity index (χ0n) is 31.9. The Bertz CT molecular complexity index is 3080. The van der Waals surface area contributed by atoms with Crippen LogP contribution in [0.2, 0.25) is 0 Å². The normalized spacial score (nSPS) is 12.9. The van der Waals surface area contributed by atoms with Gasteiger partial charge in [-0.2, -0.15) is 0 Å². The first-order valence-corrected chi connectivity index (χ1v) is 19.8. The van der Waals surface area contributed by atoms with Gasteiger partial charge in [0.05, 0.1) is 5.69 Å². The summed E-state index contributed by atoms with van der Waals surface area (Å²) in [6.45, 7) is 4.69. The van der Waals surface area contributed by atoms with Gasteiger partial charge in [0.15, 0.2) is 5.58 Å². The summed E-state index contributed by atoms with van der Waals surface area (Å²) < 4.78 is 7.15. The zero-order valence-corrected chi connectivity index (χ0v) is 31.9. The average molecular weight is 730 g/mol. The Hall–Kier alpha value is -7.16. The van der Waals surface area contributed by atoms with E-state index in [1.807, 2.05) is 0 Å². The fourth-order valence-corrected chi connectivity index (χ4v) is 9.28. The highest BCUT2D eigenvalue weighted by Gasteiger charge is 2.36. The van der Waals surface area contributed by atoms with Gasteiger partial charge >= 0.3 is 0 Å². The predicted molar refractivity (Wildman–Crippen MR) is 240 cm³/mol. The highest BCUT2D eigenvalue weighted by atomic mass is 16.3. The molecule has 2 nitrogen and oxygen atoms in total. The molecule has 0 fully saturated rings. The van der Waals surface area contributed by atoms with Gasteiger partial charge < -0.3 is 9.32 Å². The van der Waals surface area contributed by atoms with E-state index in [1.165, 1.54) is 55.3 Å². The molecule has 0 amide bonds. The predicted octanol–water partition coefficient (Wildman–Crippen LogP) is 15.5. The molecule has 0 unspecified atom stereocenters. The van der Waals surface area contributed by atoms with E-state index in [9.17, 15) is 0 Å². The second kappa shape index (κ2) is 13.0. The Morgan fingerprint density at radius 1 is 0.386 bits per heavy atom. The first kappa shape index (κ1) is 33.2. The highest BCUT2D eigenvalue weighted by molar-refractivity contribution is 6.24. The van der Waals surface area contributed by atoms with E-state index in [0.717, 1.165) is 50.1 Å². The monoisotopic (exact) mass is 729 g/mol. The van der Waals surface area contributed by atoms with Crippen LogP contribution in [0.4, 0.5) is 17.1 Å². The number of rotatable bonds is 6. The summed E-state index contributed by atoms with van der Waals surface area (Å²) in [5.41, 5.74) is 17.2. The van der Waals surface area contributed by atoms with Crippen molar-refractivity contribution in [2.75, 3.05) is 4.90 Å². The van der Waals surface area contributed by atoms with Gasteiger partial charge in [0.1, 0.15) is 5.58 Å². The molecule has 0 bridgehead atoms. The molecule has 1 heterocycles. The molecular weight excluding hydrogens is 691 g/mol. The number of hydrogen-bond donors (Lipinski definition) is 0. The molecule has 11 rings (SSSR count). The topological polar surface area (TPSA) is 16.4 Å². The van der Waals surface area contributed by atoms with Gasteiger partial charge in [-0.1, -0.05) is 159 Å². The van der Waals surface area contributed by atoms with Crippen molar-refractivity contribution >= 4 is 49.8 Å². The summed E-state index contributed by atoms with van der Waals surface area (Å²) >= 11 is 0. The molecule has 0 N–H and O–H groups in total. The van der Waals surface area contributed by atoms with Gasteiger partial charge in [-0.3, -0.25) is 0 Å². The summed E-state index contributed by atoms with van der Waals surface area (Å²) in [5, 5.41) is 4.61. The van der Waals surface area contributed by atoms with Crippen LogP contribution in [-0.4, -0.2) is 0 Å². The van der Waals surface area contributed by atoms with Gasteiger partial charge in [0, 0.05) is 27.6 Å². The second-order valence-electron chi connectivity index (χ2n) is 15.7. The standard InChI is InChI=1S/C55H39NO/c1-55(2)49-27-15-14-24-44(49)45-30-29-42(34-50(45)55)56(41-21-10-5-11-22-41)51-28-16-26-47-53-46-25-13-12-23-43(46)48(35-52(53)57-54(47)51)40-32-38(36-17-6-3-7-18-36)31-39(33-40)37-19-8-4-9-20-37/h3-35H,1-2H3. The van der Waals surface area contributed by atoms with Gasteiger partial charge in [-0.25, -0.2) is 0 Å². The van der Waals surface area contributed by atoms with Gasteiger partial charge in [-0.15, -0.1) is 0 Å². The Balaban J connectivity index is 1.14. The summed E-state index contributed by atoms with van der Waals surface area (Å²) in [6, 6.07) is 72.4. The van der Waals surface area contributed by atoms with Crippen LogP contribution in [0.3, 0.4) is 0 Å². The molecule has 0 saturated heterocycles. The molecule has 0 saturated carbocycles. The maximum absolute atomic E-state index is 7.15. The maximum Gasteiger partial charge on any atom is 0.159 e. The fraction of sp³-hybridized carbons (Fsp3) is 0.0545. The molecule has 0 spiro atoms. The van der Waals surface area contributed by atoms with Crippen LogP contribution in [0.1, 0.15) is 25.0 Å². The lowest BCUT2D eigenvalue weighted by molar-refractivity contribution is 0.660. The van der Waals surface area contributed by atoms with Crippen molar-refractivity contribution in [2.24, 2.45) is 0 Å². The van der Waals surface area contributed by atoms with Crippen LogP contribution in [0.25, 0.3) is 77.2 Å². The van der Waals surface area contributed by atoms with Gasteiger partial charge in [0.2, 0.25) is 0 Å². The number of benzene rings is 9. The fourth-order valence-electron chi connectivity index (χ4n) is 9.28. The van der Waals surface area contributed by atoms with Crippen molar-refractivity contribution in [3.05, 3.63) is 211 Å². The van der Waals surface area contributed by atoms with Crippen molar-refractivity contribution in [1.82, 2.24) is 0 Å². The smallest absolute Gasteiger partial charge is 0.159 e. The van der Waals surface area contributed by atoms with Crippen LogP contribution in [-0.2, 0) is 5.41 Å². The first-order valence-electron chi connectivity index (χ1n) is 19.8. The Morgan fingerprint density at radius 3 is 1.68 bits per heavy atom. The van der Waals surface area contributed by atoms with E-state index in [-0.39, 0.29) is 5.41 Å². The van der Waals surface area contributed by atoms with E-state index in [1.54, 1.807) is 0 Å². The van der Waals surface area contributed by atoms with Gasteiger partial charge in [0.25, 0.3) is 0 Å². The van der Waals surface area contributed by atoms with E-state index >= 15 is 0 Å². The minimum Gasteiger partial charge on any atom is -0.454 e. The Kier molecular flexibility index (Phi) is 7.55. The van der Waals surface area contributed by atoms with E-state index in [4.69, 9.17) is 4.42 Å². The quantitative estimate of drug-likeness (QED) is 0.169. The number of nitrogens with zero attached hydrogens (tertiary/aromatic N) is 1. The molecule has 270 valence electrons. The van der Waals surface area contributed by atoms with Crippen molar-refractivity contribution in [3.8, 4) is 44.5 Å². The highest BCUT2D eigenvalue weighted by Crippen LogP contribution is 2.52. The molecule has 0 aliphatic heterocycles. The van der Waals surface area contributed by atoms with Crippen molar-refractivity contribution < 1.29 is 4.42 Å². The summed E-state index contributed by atoms with van der Waals surface area (Å²) in [5.74, 6) is 0. The molecule has 57 heavy (non-hydrogen) atoms. The van der Waals surface area contributed by atoms with Crippen LogP contribution in [0.5, 0.6) is 0 Å². The molecule has 10 aromatic rings. The maximum atomic E-state index is 7.15. The minimum absolute atomic E-state index is 0.122. The van der Waals surface area contributed by atoms with E-state index < -0.39 is 0 Å². The third-order valence-electron chi connectivity index (χ3n) is 12.0. The van der Waals surface area contributed by atoms with Crippen molar-refractivity contribution in [1.29, 1.82) is 0 Å². The van der Waals surface area contributed by atoms with E-state index in [2.05, 4.69) is 219 Å². The summed E-state index contributed by atoms with van der Waals surface area (Å²) in [4.78, 5) is 2.36. The first-order chi connectivity index (χ1) is 28.0. The van der Waals surface area contributed by atoms with Crippen molar-refractivity contribution in [3.63, 3.8) is 0 Å². The number of para-hydroxylation sites is 2. The molecular formula is C55H39NO. The third-order valence-corrected chi connectivity index (χ3v) is 12.0. The van der Waals surface area contributed by atoms with Crippen LogP contribution >= 0.6 is 0 Å². The third kappa shape index (κ3) is 5.33. The number of hydrogen-bond acceptors (Lipinski definition) is 2. The summed E-state index contributed by atoms with van der Waals surface area (Å²) in [6.07, 6.45) is 0. The van der Waals surface area contributed by atoms with Crippen LogP contribution in [0, 0.1) is 0 Å². The Labute approximate surface area is 332 Å². The van der Waals surface area contributed by atoms with Crippen LogP contribution in [0.15, 0.2) is 205 Å². The average Bonchev–Trinajstić information content (AvgIpc) is 3.77. The molecule has 1 aliphatic carbocycles. The largest absolute Gasteiger partial charge is 0.454 e. The molecule has 9 aromatic carbocycles. The zero-order chi connectivity index (χ0) is 38.1. The lowest BCUT2D eigenvalue weighted by Crippen LogP contribution is -2.16. The SMILES string of the molecule is CC1(C)c2ccccc2-c2ccc(N(c3ccccc3)c3cccc4c3oc3cc(-c5cc(-c6ccccc6)cc(-c6ccccc6)c5)c5ccccc5c34)cc21. The molecule has 1 aromatic heterocycles. The number of furan rings is 1. The Morgan fingerprint density at radius 2 is 0.965 bits per heavy atom. The molecule has 0 atom stereocenters.